The fourth-order valence-electron chi connectivity index (χ4n) is 1.95. The van der Waals surface area contributed by atoms with E-state index in [4.69, 9.17) is 10.5 Å². The predicted molar refractivity (Wildman–Crippen MR) is 81.8 cm³/mol. The lowest BCUT2D eigenvalue weighted by atomic mass is 10.1. The molecule has 0 fully saturated rings. The summed E-state index contributed by atoms with van der Waals surface area (Å²) in [5, 5.41) is 0. The maximum atomic E-state index is 12.2. The standard InChI is InChI=1S/C16H17N3O2/c1-10-4-5-12(8-14(10)21-3)16(20)19-15(17)13-6-7-18-9-11(13)2/h4-9H,1-3H3,(H2,17,19,20). The Morgan fingerprint density at radius 3 is 2.67 bits per heavy atom. The van der Waals surface area contributed by atoms with Crippen molar-refractivity contribution in [2.75, 3.05) is 7.11 Å². The Hall–Kier alpha value is -2.69. The van der Waals surface area contributed by atoms with E-state index in [0.717, 1.165) is 11.1 Å². The van der Waals surface area contributed by atoms with E-state index in [-0.39, 0.29) is 5.84 Å². The third kappa shape index (κ3) is 3.25. The number of benzene rings is 1. The molecule has 0 saturated heterocycles. The number of aromatic nitrogens is 1. The van der Waals surface area contributed by atoms with Crippen LogP contribution in [-0.4, -0.2) is 23.8 Å². The molecule has 0 saturated carbocycles. The van der Waals surface area contributed by atoms with Crippen LogP contribution in [0.1, 0.15) is 27.0 Å². The fraction of sp³-hybridized carbons (Fsp3) is 0.188. The van der Waals surface area contributed by atoms with Crippen molar-refractivity contribution in [2.45, 2.75) is 13.8 Å². The Bertz CT molecular complexity index is 708. The average molecular weight is 283 g/mol. The van der Waals surface area contributed by atoms with Crippen LogP contribution in [0.2, 0.25) is 0 Å². The number of methoxy groups -OCH3 is 1. The van der Waals surface area contributed by atoms with Gasteiger partial charge in [-0.3, -0.25) is 9.78 Å². The highest BCUT2D eigenvalue weighted by molar-refractivity contribution is 6.09. The Morgan fingerprint density at radius 1 is 1.24 bits per heavy atom. The van der Waals surface area contributed by atoms with Crippen molar-refractivity contribution < 1.29 is 9.53 Å². The Kier molecular flexibility index (Phi) is 4.33. The SMILES string of the molecule is COc1cc(C(=O)N=C(N)c2ccncc2C)ccc1C. The van der Waals surface area contributed by atoms with Crippen molar-refractivity contribution in [1.82, 2.24) is 4.98 Å². The van der Waals surface area contributed by atoms with Crippen LogP contribution in [0.4, 0.5) is 0 Å². The molecule has 0 aliphatic heterocycles. The lowest BCUT2D eigenvalue weighted by molar-refractivity contribution is 0.100. The molecular weight excluding hydrogens is 266 g/mol. The van der Waals surface area contributed by atoms with Gasteiger partial charge in [-0.2, -0.15) is 4.99 Å². The number of amides is 1. The molecule has 5 heteroatoms. The Balaban J connectivity index is 2.33. The second kappa shape index (κ2) is 6.17. The smallest absolute Gasteiger partial charge is 0.279 e. The zero-order chi connectivity index (χ0) is 15.4. The van der Waals surface area contributed by atoms with Crippen molar-refractivity contribution in [2.24, 2.45) is 10.7 Å². The van der Waals surface area contributed by atoms with Gasteiger partial charge in [-0.1, -0.05) is 6.07 Å². The van der Waals surface area contributed by atoms with E-state index >= 15 is 0 Å². The summed E-state index contributed by atoms with van der Waals surface area (Å²) in [4.78, 5) is 20.1. The van der Waals surface area contributed by atoms with Crippen LogP contribution in [0.5, 0.6) is 5.75 Å². The highest BCUT2D eigenvalue weighted by Gasteiger charge is 2.10. The van der Waals surface area contributed by atoms with Gasteiger partial charge in [-0.25, -0.2) is 0 Å². The van der Waals surface area contributed by atoms with Crippen LogP contribution in [0.15, 0.2) is 41.7 Å². The van der Waals surface area contributed by atoms with Gasteiger partial charge in [0, 0.05) is 23.5 Å². The van der Waals surface area contributed by atoms with Gasteiger partial charge in [0.15, 0.2) is 0 Å². The van der Waals surface area contributed by atoms with Crippen molar-refractivity contribution >= 4 is 11.7 Å². The minimum absolute atomic E-state index is 0.180. The number of hydrogen-bond donors (Lipinski definition) is 1. The summed E-state index contributed by atoms with van der Waals surface area (Å²) in [6.07, 6.45) is 3.29. The second-order valence-electron chi connectivity index (χ2n) is 4.68. The number of pyridine rings is 1. The second-order valence-corrected chi connectivity index (χ2v) is 4.68. The number of aryl methyl sites for hydroxylation is 2. The summed E-state index contributed by atoms with van der Waals surface area (Å²) in [7, 11) is 1.56. The average Bonchev–Trinajstić information content (AvgIpc) is 2.48. The molecule has 1 heterocycles. The summed E-state index contributed by atoms with van der Waals surface area (Å²) in [6, 6.07) is 6.91. The molecule has 0 radical (unpaired) electrons. The van der Waals surface area contributed by atoms with Gasteiger partial charge in [0.25, 0.3) is 5.91 Å². The van der Waals surface area contributed by atoms with Crippen LogP contribution in [0.25, 0.3) is 0 Å². The van der Waals surface area contributed by atoms with E-state index in [1.165, 1.54) is 0 Å². The van der Waals surface area contributed by atoms with Crippen molar-refractivity contribution in [1.29, 1.82) is 0 Å². The third-order valence-electron chi connectivity index (χ3n) is 3.17. The van der Waals surface area contributed by atoms with Crippen LogP contribution < -0.4 is 10.5 Å². The summed E-state index contributed by atoms with van der Waals surface area (Å²) in [6.45, 7) is 3.77. The van der Waals surface area contributed by atoms with E-state index in [2.05, 4.69) is 9.98 Å². The van der Waals surface area contributed by atoms with Crippen LogP contribution in [-0.2, 0) is 0 Å². The minimum Gasteiger partial charge on any atom is -0.496 e. The van der Waals surface area contributed by atoms with E-state index in [0.29, 0.717) is 16.9 Å². The molecular formula is C16H17N3O2. The number of carbonyl (C=O) groups excluding carboxylic acids is 1. The first-order chi connectivity index (χ1) is 10.0. The number of hydrogen-bond acceptors (Lipinski definition) is 3. The number of carbonyl (C=O) groups is 1. The zero-order valence-electron chi connectivity index (χ0n) is 12.3. The number of nitrogens with two attached hydrogens (primary N) is 1. The third-order valence-corrected chi connectivity index (χ3v) is 3.17. The summed E-state index contributed by atoms with van der Waals surface area (Å²) < 4.78 is 5.20. The highest BCUT2D eigenvalue weighted by Crippen LogP contribution is 2.19. The molecule has 1 amide bonds. The van der Waals surface area contributed by atoms with E-state index in [1.807, 2.05) is 19.9 Å². The molecule has 21 heavy (non-hydrogen) atoms. The number of nitrogens with zero attached hydrogens (tertiary/aromatic N) is 2. The van der Waals surface area contributed by atoms with Crippen LogP contribution in [0.3, 0.4) is 0 Å². The number of aliphatic imine (C=N–C) groups is 1. The molecule has 5 nitrogen and oxygen atoms in total. The van der Waals surface area contributed by atoms with Crippen molar-refractivity contribution in [3.63, 3.8) is 0 Å². The summed E-state index contributed by atoms with van der Waals surface area (Å²) >= 11 is 0. The fourth-order valence-corrected chi connectivity index (χ4v) is 1.95. The molecule has 0 aliphatic carbocycles. The van der Waals surface area contributed by atoms with Gasteiger partial charge < -0.3 is 10.5 Å². The monoisotopic (exact) mass is 283 g/mol. The molecule has 0 aliphatic rings. The molecule has 0 spiro atoms. The molecule has 2 aromatic rings. The summed E-state index contributed by atoms with van der Waals surface area (Å²) in [5.41, 5.74) is 8.87. The maximum absolute atomic E-state index is 12.2. The molecule has 0 atom stereocenters. The zero-order valence-corrected chi connectivity index (χ0v) is 12.3. The van der Waals surface area contributed by atoms with Crippen molar-refractivity contribution in [3.8, 4) is 5.75 Å². The first-order valence-corrected chi connectivity index (χ1v) is 6.47. The molecule has 108 valence electrons. The van der Waals surface area contributed by atoms with E-state index < -0.39 is 5.91 Å². The lowest BCUT2D eigenvalue weighted by Crippen LogP contribution is -2.17. The number of ether oxygens (including phenoxy) is 1. The maximum Gasteiger partial charge on any atom is 0.279 e. The van der Waals surface area contributed by atoms with Gasteiger partial charge >= 0.3 is 0 Å². The molecule has 2 rings (SSSR count). The molecule has 1 aromatic carbocycles. The van der Waals surface area contributed by atoms with Crippen molar-refractivity contribution in [3.05, 3.63) is 58.9 Å². The van der Waals surface area contributed by atoms with Crippen LogP contribution in [0, 0.1) is 13.8 Å². The minimum atomic E-state index is -0.401. The van der Waals surface area contributed by atoms with Gasteiger partial charge in [-0.15, -0.1) is 0 Å². The number of rotatable bonds is 3. The highest BCUT2D eigenvalue weighted by atomic mass is 16.5. The lowest BCUT2D eigenvalue weighted by Gasteiger charge is -2.06. The Morgan fingerprint density at radius 2 is 2.00 bits per heavy atom. The van der Waals surface area contributed by atoms with Gasteiger partial charge in [-0.05, 0) is 43.2 Å². The first kappa shape index (κ1) is 14.7. The molecule has 2 N–H and O–H groups in total. The van der Waals surface area contributed by atoms with Gasteiger partial charge in [0.2, 0.25) is 0 Å². The molecule has 0 unspecified atom stereocenters. The van der Waals surface area contributed by atoms with Crippen LogP contribution >= 0.6 is 0 Å². The first-order valence-electron chi connectivity index (χ1n) is 6.47. The van der Waals surface area contributed by atoms with Gasteiger partial charge in [0.05, 0.1) is 7.11 Å². The normalized spacial score (nSPS) is 11.3. The largest absolute Gasteiger partial charge is 0.496 e. The van der Waals surface area contributed by atoms with E-state index in [9.17, 15) is 4.79 Å². The topological polar surface area (TPSA) is 77.6 Å². The Labute approximate surface area is 123 Å². The van der Waals surface area contributed by atoms with E-state index in [1.54, 1.807) is 37.7 Å². The quantitative estimate of drug-likeness (QED) is 0.692. The predicted octanol–water partition coefficient (Wildman–Crippen LogP) is 2.25. The molecule has 0 bridgehead atoms. The summed E-state index contributed by atoms with van der Waals surface area (Å²) in [5.74, 6) is 0.427. The molecule has 1 aromatic heterocycles. The van der Waals surface area contributed by atoms with Gasteiger partial charge in [0.1, 0.15) is 11.6 Å². The number of amidine groups is 1.